The smallest absolute Gasteiger partial charge is 0.329 e. The van der Waals surface area contributed by atoms with Crippen LogP contribution in [-0.4, -0.2) is 140 Å². The van der Waals surface area contributed by atoms with E-state index in [1.165, 1.54) is 25.7 Å². The minimum absolute atomic E-state index is 0.0880. The molecular weight excluding hydrogens is 815 g/mol. The van der Waals surface area contributed by atoms with E-state index in [9.17, 15) is 45.3 Å². The second kappa shape index (κ2) is 16.9. The molecule has 0 aromatic heterocycles. The third-order valence-electron chi connectivity index (χ3n) is 19.2. The maximum absolute atomic E-state index is 13.0. The fourth-order valence-electron chi connectivity index (χ4n) is 15.1. The second-order valence-electron chi connectivity index (χ2n) is 22.2. The summed E-state index contributed by atoms with van der Waals surface area (Å²) in [6, 6.07) is -0.634. The predicted molar refractivity (Wildman–Crippen MR) is 227 cm³/mol. The average molecular weight is 890 g/mol. The highest BCUT2D eigenvalue weighted by molar-refractivity contribution is 5.96. The zero-order valence-corrected chi connectivity index (χ0v) is 38.4. The summed E-state index contributed by atoms with van der Waals surface area (Å²) in [6.45, 7) is 16.3. The predicted octanol–water partition coefficient (Wildman–Crippen LogP) is 2.64. The molecule has 0 aromatic rings. The number of hydrogen-bond acceptors (Lipinski definition) is 14. The Balaban J connectivity index is 0.944. The number of esters is 1. The molecule has 22 atom stereocenters. The Morgan fingerprint density at radius 2 is 1.43 bits per heavy atom. The number of fused-ring (bicyclic) bond motifs is 2. The molecule has 2 spiro atoms. The Hall–Kier alpha value is -2.02. The Morgan fingerprint density at radius 3 is 2.08 bits per heavy atom. The van der Waals surface area contributed by atoms with Gasteiger partial charge in [-0.05, 0) is 122 Å². The quantitative estimate of drug-likeness (QED) is 0.0646. The summed E-state index contributed by atoms with van der Waals surface area (Å²) >= 11 is 0. The van der Waals surface area contributed by atoms with Crippen LogP contribution in [0.15, 0.2) is 23.8 Å². The van der Waals surface area contributed by atoms with Gasteiger partial charge in [0.25, 0.3) is 0 Å². The first-order chi connectivity index (χ1) is 29.6. The number of allylic oxidation sites excluding steroid dienone is 3. The summed E-state index contributed by atoms with van der Waals surface area (Å²) in [5, 5.41) is 76.5. The third kappa shape index (κ3) is 7.32. The molecule has 0 aromatic carbocycles. The van der Waals surface area contributed by atoms with Crippen LogP contribution in [0.4, 0.5) is 0 Å². The van der Waals surface area contributed by atoms with Crippen LogP contribution in [0.2, 0.25) is 0 Å². The molecule has 63 heavy (non-hydrogen) atoms. The molecule has 8 rings (SSSR count). The van der Waals surface area contributed by atoms with Crippen molar-refractivity contribution in [2.75, 3.05) is 13.2 Å². The summed E-state index contributed by atoms with van der Waals surface area (Å²) in [5.74, 6) is 1.07. The third-order valence-corrected chi connectivity index (χ3v) is 19.2. The number of aliphatic hydroxyl groups excluding tert-OH is 7. The lowest BCUT2D eigenvalue weighted by Crippen LogP contribution is -2.65. The Labute approximate surface area is 371 Å². The first-order valence-electron chi connectivity index (χ1n) is 23.7. The van der Waals surface area contributed by atoms with Crippen molar-refractivity contribution in [2.45, 2.75) is 193 Å². The van der Waals surface area contributed by atoms with Crippen LogP contribution in [0.5, 0.6) is 0 Å². The normalized spacial score (nSPS) is 52.0. The van der Waals surface area contributed by atoms with Crippen LogP contribution in [0.3, 0.4) is 0 Å². The number of nitrogens with one attached hydrogen (secondary N) is 1. The first kappa shape index (κ1) is 47.5. The van der Waals surface area contributed by atoms with Crippen LogP contribution >= 0.6 is 0 Å². The standard InChI is InChI=1S/C48H75NO14/c1-23(10-9-11-24(2)40(57)49-33-25(3)26(4)59-41(33)58)27-14-16-46(8)31-13-12-30-44(5,6)32(15-17-47(30)22-48(31,47)19-18-45(27,46)7)62-43-39(37(55)35(53)29(21-51)61-43)63-42-38(56)36(54)34(52)28(20-50)60-42/h9-11,23,25-39,42-43,50-56H,12-22H2,1-8H3,(H,49,57). The van der Waals surface area contributed by atoms with Crippen molar-refractivity contribution in [3.8, 4) is 0 Å². The van der Waals surface area contributed by atoms with Crippen LogP contribution in [0.1, 0.15) is 113 Å². The van der Waals surface area contributed by atoms with Crippen LogP contribution in [0.25, 0.3) is 0 Å². The van der Waals surface area contributed by atoms with E-state index in [4.69, 9.17) is 23.7 Å². The Bertz CT molecular complexity index is 1790. The fourth-order valence-corrected chi connectivity index (χ4v) is 15.1. The first-order valence-corrected chi connectivity index (χ1v) is 23.7. The van der Waals surface area contributed by atoms with Crippen molar-refractivity contribution in [1.82, 2.24) is 5.32 Å². The van der Waals surface area contributed by atoms with E-state index < -0.39 is 80.7 Å². The van der Waals surface area contributed by atoms with Crippen LogP contribution in [-0.2, 0) is 33.3 Å². The zero-order chi connectivity index (χ0) is 45.8. The van der Waals surface area contributed by atoms with Gasteiger partial charge in [-0.25, -0.2) is 4.79 Å². The Kier molecular flexibility index (Phi) is 12.8. The summed E-state index contributed by atoms with van der Waals surface area (Å²) in [7, 11) is 0. The van der Waals surface area contributed by atoms with Crippen molar-refractivity contribution < 1.29 is 69.0 Å². The molecule has 5 aliphatic carbocycles. The average Bonchev–Trinajstić information content (AvgIpc) is 3.74. The number of cyclic esters (lactones) is 1. The fraction of sp³-hybridized carbons (Fsp3) is 0.875. The van der Waals surface area contributed by atoms with E-state index in [0.717, 1.165) is 32.1 Å². The maximum atomic E-state index is 13.0. The van der Waals surface area contributed by atoms with E-state index in [2.05, 4.69) is 46.0 Å². The van der Waals surface area contributed by atoms with Crippen molar-refractivity contribution in [3.05, 3.63) is 23.8 Å². The van der Waals surface area contributed by atoms with Crippen LogP contribution < -0.4 is 5.32 Å². The molecule has 5 saturated carbocycles. The lowest BCUT2D eigenvalue weighted by Gasteiger charge is -2.63. The van der Waals surface area contributed by atoms with E-state index in [-0.39, 0.29) is 57.1 Å². The number of hydrogen-bond donors (Lipinski definition) is 8. The lowest BCUT2D eigenvalue weighted by atomic mass is 9.42. The molecule has 3 heterocycles. The van der Waals surface area contributed by atoms with Crippen molar-refractivity contribution in [3.63, 3.8) is 0 Å². The zero-order valence-electron chi connectivity index (χ0n) is 38.4. The van der Waals surface area contributed by atoms with Gasteiger partial charge in [0, 0.05) is 11.5 Å². The summed E-state index contributed by atoms with van der Waals surface area (Å²) in [4.78, 5) is 25.3. The number of amides is 1. The van der Waals surface area contributed by atoms with Gasteiger partial charge < -0.3 is 64.7 Å². The van der Waals surface area contributed by atoms with Gasteiger partial charge in [-0.2, -0.15) is 0 Å². The van der Waals surface area contributed by atoms with Gasteiger partial charge >= 0.3 is 5.97 Å². The minimum Gasteiger partial charge on any atom is -0.461 e. The molecule has 8 N–H and O–H groups in total. The Morgan fingerprint density at radius 1 is 0.794 bits per heavy atom. The molecular formula is C48H75NO14. The molecule has 8 fully saturated rings. The van der Waals surface area contributed by atoms with E-state index in [1.54, 1.807) is 6.92 Å². The van der Waals surface area contributed by atoms with Gasteiger partial charge in [-0.1, -0.05) is 59.8 Å². The largest absolute Gasteiger partial charge is 0.461 e. The highest BCUT2D eigenvalue weighted by Crippen LogP contribution is 2.89. The number of aliphatic hydroxyl groups is 7. The molecule has 0 radical (unpaired) electrons. The van der Waals surface area contributed by atoms with E-state index in [0.29, 0.717) is 29.2 Å². The number of carbonyl (C=O) groups excluding carboxylic acids is 2. The van der Waals surface area contributed by atoms with Crippen molar-refractivity contribution in [1.29, 1.82) is 0 Å². The molecule has 15 heteroatoms. The van der Waals surface area contributed by atoms with Gasteiger partial charge in [0.15, 0.2) is 12.6 Å². The second-order valence-corrected chi connectivity index (χ2v) is 22.2. The molecule has 0 bridgehead atoms. The van der Waals surface area contributed by atoms with Crippen LogP contribution in [0, 0.1) is 56.7 Å². The topological polar surface area (TPSA) is 234 Å². The van der Waals surface area contributed by atoms with Gasteiger partial charge in [-0.3, -0.25) is 4.79 Å². The SMILES string of the molecule is CC(=CC=CC(C)C1CCC2(C)C3CCC4C(C)(C)C(OC5OC(CO)C(O)C(O)C5OC5OC(CO)C(O)C(O)C5O)CCC45CC35CCC12C)C(=O)NC1C(=O)OC(C)C1C. The number of ether oxygens (including phenoxy) is 5. The van der Waals surface area contributed by atoms with Gasteiger partial charge in [0.1, 0.15) is 61.0 Å². The highest BCUT2D eigenvalue weighted by Gasteiger charge is 2.82. The number of carbonyl (C=O) groups is 2. The molecule has 356 valence electrons. The van der Waals surface area contributed by atoms with Gasteiger partial charge in [0.05, 0.1) is 19.3 Å². The maximum Gasteiger partial charge on any atom is 0.329 e. The molecule has 22 unspecified atom stereocenters. The summed E-state index contributed by atoms with van der Waals surface area (Å²) in [5.41, 5.74) is 1.02. The highest BCUT2D eigenvalue weighted by atomic mass is 16.8. The van der Waals surface area contributed by atoms with Crippen molar-refractivity contribution >= 4 is 11.9 Å². The molecule has 3 saturated heterocycles. The van der Waals surface area contributed by atoms with Gasteiger partial charge in [-0.15, -0.1) is 0 Å². The minimum atomic E-state index is -1.74. The molecule has 1 amide bonds. The van der Waals surface area contributed by atoms with E-state index >= 15 is 0 Å². The van der Waals surface area contributed by atoms with Gasteiger partial charge in [0.2, 0.25) is 5.91 Å². The molecule has 15 nitrogen and oxygen atoms in total. The molecule has 8 aliphatic rings. The number of rotatable bonds is 11. The van der Waals surface area contributed by atoms with E-state index in [1.807, 2.05) is 26.0 Å². The monoisotopic (exact) mass is 890 g/mol. The lowest BCUT2D eigenvalue weighted by molar-refractivity contribution is -0.377. The molecule has 3 aliphatic heterocycles. The summed E-state index contributed by atoms with van der Waals surface area (Å²) < 4.78 is 29.8. The summed E-state index contributed by atoms with van der Waals surface area (Å²) in [6.07, 6.45) is 0.478. The van der Waals surface area contributed by atoms with Crippen molar-refractivity contribution in [2.24, 2.45) is 56.7 Å².